The topological polar surface area (TPSA) is 57.7 Å². The first-order valence-corrected chi connectivity index (χ1v) is 11.6. The number of carbonyl (C=O) groups is 1. The molecule has 5 nitrogen and oxygen atoms in total. The third-order valence-corrected chi connectivity index (χ3v) is 8.39. The summed E-state index contributed by atoms with van der Waals surface area (Å²) in [5.41, 5.74) is 0.320. The van der Waals surface area contributed by atoms with Crippen molar-refractivity contribution in [1.29, 1.82) is 0 Å². The fourth-order valence-electron chi connectivity index (χ4n) is 3.18. The Bertz CT molecular complexity index is 907. The van der Waals surface area contributed by atoms with Gasteiger partial charge >= 0.3 is 0 Å². The summed E-state index contributed by atoms with van der Waals surface area (Å²) < 4.78 is 27.4. The minimum absolute atomic E-state index is 0.00842. The molecular weight excluding hydrogens is 404 g/mol. The molecule has 8 heteroatoms. The maximum Gasteiger partial charge on any atom is 0.254 e. The van der Waals surface area contributed by atoms with Crippen molar-refractivity contribution >= 4 is 38.9 Å². The third-order valence-electron chi connectivity index (χ3n) is 4.97. The quantitative estimate of drug-likeness (QED) is 0.711. The maximum atomic E-state index is 13.0. The summed E-state index contributed by atoms with van der Waals surface area (Å²) in [7, 11) is -1.98. The van der Waals surface area contributed by atoms with Gasteiger partial charge in [0.15, 0.2) is 0 Å². The number of hydrogen-bond donors (Lipinski definition) is 0. The molecule has 0 radical (unpaired) electrons. The Labute approximate surface area is 169 Å². The van der Waals surface area contributed by atoms with Crippen LogP contribution in [0.5, 0.6) is 0 Å². The molecule has 1 unspecified atom stereocenters. The van der Waals surface area contributed by atoms with E-state index in [1.165, 1.54) is 16.4 Å². The van der Waals surface area contributed by atoms with E-state index in [0.717, 1.165) is 24.1 Å². The molecule has 146 valence electrons. The Hall–Kier alpha value is -1.41. The van der Waals surface area contributed by atoms with Crippen LogP contribution < -0.4 is 0 Å². The van der Waals surface area contributed by atoms with Gasteiger partial charge in [-0.15, -0.1) is 11.3 Å². The van der Waals surface area contributed by atoms with Crippen LogP contribution in [-0.2, 0) is 10.0 Å². The summed E-state index contributed by atoms with van der Waals surface area (Å²) in [6.07, 6.45) is 2.72. The van der Waals surface area contributed by atoms with Crippen molar-refractivity contribution in [2.75, 3.05) is 20.1 Å². The molecule has 2 aromatic rings. The molecule has 1 aliphatic heterocycles. The average molecular weight is 427 g/mol. The molecule has 1 amide bonds. The second kappa shape index (κ2) is 8.31. The normalized spacial score (nSPS) is 16.9. The van der Waals surface area contributed by atoms with Gasteiger partial charge in [-0.05, 0) is 49.4 Å². The molecule has 1 aliphatic rings. The molecule has 1 fully saturated rings. The van der Waals surface area contributed by atoms with Crippen molar-refractivity contribution in [3.63, 3.8) is 0 Å². The highest BCUT2D eigenvalue weighted by atomic mass is 35.5. The molecule has 1 aromatic heterocycles. The van der Waals surface area contributed by atoms with Crippen molar-refractivity contribution < 1.29 is 13.2 Å². The third kappa shape index (κ3) is 4.21. The minimum atomic E-state index is -3.71. The first kappa shape index (κ1) is 20.3. The van der Waals surface area contributed by atoms with Gasteiger partial charge in [0.2, 0.25) is 10.0 Å². The van der Waals surface area contributed by atoms with Gasteiger partial charge < -0.3 is 4.90 Å². The summed E-state index contributed by atoms with van der Waals surface area (Å²) in [6.45, 7) is 2.93. The second-order valence-corrected chi connectivity index (χ2v) is 10.0. The van der Waals surface area contributed by atoms with E-state index in [2.05, 4.69) is 0 Å². The van der Waals surface area contributed by atoms with Crippen LogP contribution in [0.3, 0.4) is 0 Å². The molecule has 0 saturated carbocycles. The zero-order chi connectivity index (χ0) is 19.6. The summed E-state index contributed by atoms with van der Waals surface area (Å²) >= 11 is 7.78. The van der Waals surface area contributed by atoms with Crippen LogP contribution in [0.4, 0.5) is 0 Å². The van der Waals surface area contributed by atoms with Gasteiger partial charge in [-0.2, -0.15) is 4.31 Å². The highest BCUT2D eigenvalue weighted by Crippen LogP contribution is 2.30. The lowest BCUT2D eigenvalue weighted by molar-refractivity contribution is 0.0744. The van der Waals surface area contributed by atoms with E-state index in [9.17, 15) is 13.2 Å². The molecule has 2 heterocycles. The van der Waals surface area contributed by atoms with Gasteiger partial charge in [-0.1, -0.05) is 24.1 Å². The number of nitrogens with zero attached hydrogens (tertiary/aromatic N) is 2. The number of halogens is 1. The van der Waals surface area contributed by atoms with Gasteiger partial charge in [-0.3, -0.25) is 4.79 Å². The minimum Gasteiger partial charge on any atom is -0.334 e. The summed E-state index contributed by atoms with van der Waals surface area (Å²) in [5, 5.41) is 2.11. The molecule has 0 bridgehead atoms. The number of piperidine rings is 1. The average Bonchev–Trinajstić information content (AvgIpc) is 3.22. The first-order chi connectivity index (χ1) is 12.8. The Morgan fingerprint density at radius 1 is 1.22 bits per heavy atom. The molecule has 1 atom stereocenters. The van der Waals surface area contributed by atoms with E-state index in [1.807, 2.05) is 24.4 Å². The number of rotatable bonds is 5. The molecule has 1 aromatic carbocycles. The largest absolute Gasteiger partial charge is 0.334 e. The highest BCUT2D eigenvalue weighted by molar-refractivity contribution is 7.89. The Balaban J connectivity index is 1.89. The van der Waals surface area contributed by atoms with E-state index in [1.54, 1.807) is 29.4 Å². The number of amides is 1. The lowest BCUT2D eigenvalue weighted by atomic mass is 10.1. The van der Waals surface area contributed by atoms with Crippen molar-refractivity contribution in [2.45, 2.75) is 37.1 Å². The van der Waals surface area contributed by atoms with Crippen LogP contribution in [0.25, 0.3) is 0 Å². The van der Waals surface area contributed by atoms with E-state index in [4.69, 9.17) is 11.6 Å². The van der Waals surface area contributed by atoms with Gasteiger partial charge in [-0.25, -0.2) is 8.42 Å². The maximum absolute atomic E-state index is 13.0. The van der Waals surface area contributed by atoms with Crippen molar-refractivity contribution in [3.8, 4) is 0 Å². The number of thiophene rings is 1. The Morgan fingerprint density at radius 3 is 2.56 bits per heavy atom. The van der Waals surface area contributed by atoms with Crippen LogP contribution in [0, 0.1) is 0 Å². The van der Waals surface area contributed by atoms with E-state index in [-0.39, 0.29) is 21.9 Å². The molecule has 0 spiro atoms. The van der Waals surface area contributed by atoms with Gasteiger partial charge in [0, 0.05) is 30.6 Å². The van der Waals surface area contributed by atoms with E-state index in [0.29, 0.717) is 18.7 Å². The smallest absolute Gasteiger partial charge is 0.254 e. The molecular formula is C19H23ClN2O3S2. The standard InChI is InChI=1S/C19H23ClN2O3S2/c1-14(17-7-6-12-26-17)21(2)19(23)15-8-9-16(20)18(13-15)27(24,25)22-10-4-3-5-11-22/h6-9,12-14H,3-5,10-11H2,1-2H3. The summed E-state index contributed by atoms with van der Waals surface area (Å²) in [5.74, 6) is -0.234. The van der Waals surface area contributed by atoms with Gasteiger partial charge in [0.25, 0.3) is 5.91 Å². The predicted octanol–water partition coefficient (Wildman–Crippen LogP) is 4.41. The zero-order valence-corrected chi connectivity index (χ0v) is 17.8. The van der Waals surface area contributed by atoms with Crippen LogP contribution in [-0.4, -0.2) is 43.7 Å². The molecule has 3 rings (SSSR count). The molecule has 0 aliphatic carbocycles. The zero-order valence-electron chi connectivity index (χ0n) is 15.4. The van der Waals surface area contributed by atoms with Crippen molar-refractivity contribution in [2.24, 2.45) is 0 Å². The van der Waals surface area contributed by atoms with Gasteiger partial charge in [0.1, 0.15) is 4.90 Å². The van der Waals surface area contributed by atoms with Gasteiger partial charge in [0.05, 0.1) is 11.1 Å². The number of benzene rings is 1. The van der Waals surface area contributed by atoms with E-state index >= 15 is 0 Å². The van der Waals surface area contributed by atoms with Crippen LogP contribution >= 0.6 is 22.9 Å². The van der Waals surface area contributed by atoms with Crippen LogP contribution in [0.15, 0.2) is 40.6 Å². The highest BCUT2D eigenvalue weighted by Gasteiger charge is 2.29. The number of hydrogen-bond acceptors (Lipinski definition) is 4. The molecule has 1 saturated heterocycles. The van der Waals surface area contributed by atoms with Crippen LogP contribution in [0.1, 0.15) is 47.5 Å². The predicted molar refractivity (Wildman–Crippen MR) is 109 cm³/mol. The van der Waals surface area contributed by atoms with E-state index < -0.39 is 10.0 Å². The van der Waals surface area contributed by atoms with Crippen LogP contribution in [0.2, 0.25) is 5.02 Å². The fourth-order valence-corrected chi connectivity index (χ4v) is 6.02. The summed E-state index contributed by atoms with van der Waals surface area (Å²) in [4.78, 5) is 15.6. The summed E-state index contributed by atoms with van der Waals surface area (Å²) in [6, 6.07) is 8.31. The van der Waals surface area contributed by atoms with Crippen molar-refractivity contribution in [3.05, 3.63) is 51.2 Å². The second-order valence-electron chi connectivity index (χ2n) is 6.72. The first-order valence-electron chi connectivity index (χ1n) is 8.92. The Kier molecular flexibility index (Phi) is 6.25. The van der Waals surface area contributed by atoms with Crippen molar-refractivity contribution in [1.82, 2.24) is 9.21 Å². The number of carbonyl (C=O) groups excluding carboxylic acids is 1. The lowest BCUT2D eigenvalue weighted by Crippen LogP contribution is -2.36. The lowest BCUT2D eigenvalue weighted by Gasteiger charge is -2.27. The monoisotopic (exact) mass is 426 g/mol. The SMILES string of the molecule is CC(c1cccs1)N(C)C(=O)c1ccc(Cl)c(S(=O)(=O)N2CCCCC2)c1. The molecule has 0 N–H and O–H groups in total. The number of sulfonamides is 1. The molecule has 27 heavy (non-hydrogen) atoms. The fraction of sp³-hybridized carbons (Fsp3) is 0.421. The Morgan fingerprint density at radius 2 is 1.93 bits per heavy atom.